The minimum Gasteiger partial charge on any atom is -0.497 e. The summed E-state index contributed by atoms with van der Waals surface area (Å²) in [4.78, 5) is 16.7. The number of ether oxygens (including phenoxy) is 4. The number of carbonyl (C=O) groups excluding carboxylic acids is 1. The van der Waals surface area contributed by atoms with Gasteiger partial charge in [-0.2, -0.15) is 0 Å². The van der Waals surface area contributed by atoms with Gasteiger partial charge in [-0.1, -0.05) is 12.1 Å². The Morgan fingerprint density at radius 2 is 2.04 bits per heavy atom. The fraction of sp³-hybridized carbons (Fsp3) is 0.200. The molecule has 3 aromatic rings. The van der Waals surface area contributed by atoms with E-state index in [2.05, 4.69) is 10.3 Å². The van der Waals surface area contributed by atoms with Gasteiger partial charge in [0.25, 0.3) is 5.91 Å². The van der Waals surface area contributed by atoms with Gasteiger partial charge < -0.3 is 24.3 Å². The SMILES string of the molecule is COc1cccc(OCc2nc(C(=O)NCc3ccc4c(c3)OCO4)cs2)c1. The number of nitrogens with zero attached hydrogens (tertiary/aromatic N) is 1. The van der Waals surface area contributed by atoms with Gasteiger partial charge in [0.05, 0.1) is 7.11 Å². The minimum absolute atomic E-state index is 0.227. The second kappa shape index (κ2) is 8.18. The summed E-state index contributed by atoms with van der Waals surface area (Å²) < 4.78 is 21.5. The molecule has 0 bridgehead atoms. The molecule has 0 spiro atoms. The molecule has 0 atom stereocenters. The zero-order chi connectivity index (χ0) is 19.3. The van der Waals surface area contributed by atoms with Crippen LogP contribution in [0.25, 0.3) is 0 Å². The number of aromatic nitrogens is 1. The number of nitrogens with one attached hydrogen (secondary N) is 1. The second-order valence-electron chi connectivity index (χ2n) is 5.96. The number of methoxy groups -OCH3 is 1. The van der Waals surface area contributed by atoms with Crippen molar-refractivity contribution < 1.29 is 23.7 Å². The van der Waals surface area contributed by atoms with Crippen molar-refractivity contribution in [2.24, 2.45) is 0 Å². The highest BCUT2D eigenvalue weighted by atomic mass is 32.1. The molecule has 4 rings (SSSR count). The molecule has 0 saturated heterocycles. The zero-order valence-electron chi connectivity index (χ0n) is 15.1. The lowest BCUT2D eigenvalue weighted by Gasteiger charge is -2.06. The maximum absolute atomic E-state index is 12.3. The molecule has 0 aliphatic carbocycles. The molecule has 28 heavy (non-hydrogen) atoms. The molecular formula is C20H18N2O5S. The first-order valence-electron chi connectivity index (χ1n) is 8.59. The van der Waals surface area contributed by atoms with E-state index in [0.29, 0.717) is 23.7 Å². The number of thiazole rings is 1. The van der Waals surface area contributed by atoms with E-state index in [1.54, 1.807) is 18.6 Å². The van der Waals surface area contributed by atoms with E-state index in [-0.39, 0.29) is 19.3 Å². The third-order valence-electron chi connectivity index (χ3n) is 4.08. The molecule has 2 aromatic carbocycles. The average Bonchev–Trinajstić information content (AvgIpc) is 3.39. The van der Waals surface area contributed by atoms with Gasteiger partial charge >= 0.3 is 0 Å². The van der Waals surface area contributed by atoms with Crippen molar-refractivity contribution in [3.05, 3.63) is 64.1 Å². The van der Waals surface area contributed by atoms with Crippen LogP contribution in [0.3, 0.4) is 0 Å². The van der Waals surface area contributed by atoms with Crippen LogP contribution in [0.2, 0.25) is 0 Å². The van der Waals surface area contributed by atoms with Crippen LogP contribution in [0.5, 0.6) is 23.0 Å². The standard InChI is InChI=1S/C20H18N2O5S/c1-24-14-3-2-4-15(8-14)25-10-19-22-16(11-28-19)20(23)21-9-13-5-6-17-18(7-13)27-12-26-17/h2-8,11H,9-10,12H2,1H3,(H,21,23). The van der Waals surface area contributed by atoms with Crippen molar-refractivity contribution in [2.45, 2.75) is 13.2 Å². The van der Waals surface area contributed by atoms with Crippen molar-refractivity contribution in [3.8, 4) is 23.0 Å². The molecular weight excluding hydrogens is 380 g/mol. The number of amides is 1. The van der Waals surface area contributed by atoms with Gasteiger partial charge in [0.1, 0.15) is 28.8 Å². The van der Waals surface area contributed by atoms with Crippen LogP contribution in [0.1, 0.15) is 21.1 Å². The number of carbonyl (C=O) groups is 1. The third kappa shape index (κ3) is 4.17. The molecule has 1 amide bonds. The highest BCUT2D eigenvalue weighted by Gasteiger charge is 2.15. The van der Waals surface area contributed by atoms with Crippen LogP contribution in [0.15, 0.2) is 47.8 Å². The summed E-state index contributed by atoms with van der Waals surface area (Å²) in [5.41, 5.74) is 1.30. The molecule has 0 radical (unpaired) electrons. The highest BCUT2D eigenvalue weighted by Crippen LogP contribution is 2.32. The molecule has 144 valence electrons. The van der Waals surface area contributed by atoms with Gasteiger partial charge in [0.2, 0.25) is 6.79 Å². The Labute approximate surface area is 165 Å². The Kier molecular flexibility index (Phi) is 5.29. The Hall–Kier alpha value is -3.26. The molecule has 0 saturated carbocycles. The summed E-state index contributed by atoms with van der Waals surface area (Å²) >= 11 is 1.38. The summed E-state index contributed by atoms with van der Waals surface area (Å²) in [6.45, 7) is 0.889. The molecule has 8 heteroatoms. The van der Waals surface area contributed by atoms with Crippen molar-refractivity contribution in [1.29, 1.82) is 0 Å². The maximum Gasteiger partial charge on any atom is 0.271 e. The quantitative estimate of drug-likeness (QED) is 0.657. The van der Waals surface area contributed by atoms with Crippen molar-refractivity contribution in [1.82, 2.24) is 10.3 Å². The van der Waals surface area contributed by atoms with Crippen LogP contribution < -0.4 is 24.3 Å². The van der Waals surface area contributed by atoms with Crippen molar-refractivity contribution in [3.63, 3.8) is 0 Å². The summed E-state index contributed by atoms with van der Waals surface area (Å²) in [6, 6.07) is 12.9. The summed E-state index contributed by atoms with van der Waals surface area (Å²) in [5, 5.41) is 5.30. The lowest BCUT2D eigenvalue weighted by atomic mass is 10.2. The average molecular weight is 398 g/mol. The smallest absolute Gasteiger partial charge is 0.271 e. The molecule has 0 unspecified atom stereocenters. The van der Waals surface area contributed by atoms with E-state index >= 15 is 0 Å². The molecule has 0 fully saturated rings. The molecule has 1 aliphatic heterocycles. The van der Waals surface area contributed by atoms with Crippen LogP contribution in [0, 0.1) is 0 Å². The van der Waals surface area contributed by atoms with E-state index in [9.17, 15) is 4.79 Å². The van der Waals surface area contributed by atoms with Gasteiger partial charge in [-0.05, 0) is 29.8 Å². The monoisotopic (exact) mass is 398 g/mol. The molecule has 1 aromatic heterocycles. The minimum atomic E-state index is -0.235. The van der Waals surface area contributed by atoms with Crippen LogP contribution >= 0.6 is 11.3 Å². The third-order valence-corrected chi connectivity index (χ3v) is 4.90. The predicted molar refractivity (Wildman–Crippen MR) is 103 cm³/mol. The van der Waals surface area contributed by atoms with Gasteiger partial charge in [0.15, 0.2) is 11.5 Å². The zero-order valence-corrected chi connectivity index (χ0v) is 16.0. The fourth-order valence-electron chi connectivity index (χ4n) is 2.64. The van der Waals surface area contributed by atoms with Gasteiger partial charge in [-0.3, -0.25) is 4.79 Å². The van der Waals surface area contributed by atoms with Gasteiger partial charge in [0, 0.05) is 18.0 Å². The summed E-state index contributed by atoms with van der Waals surface area (Å²) in [7, 11) is 1.61. The lowest BCUT2D eigenvalue weighted by Crippen LogP contribution is -2.23. The molecule has 7 nitrogen and oxygen atoms in total. The van der Waals surface area contributed by atoms with E-state index in [0.717, 1.165) is 22.1 Å². The van der Waals surface area contributed by atoms with Crippen LogP contribution in [-0.4, -0.2) is 24.8 Å². The van der Waals surface area contributed by atoms with Gasteiger partial charge in [-0.25, -0.2) is 4.98 Å². The number of benzene rings is 2. The first-order valence-corrected chi connectivity index (χ1v) is 9.47. The number of rotatable bonds is 7. The first-order chi connectivity index (χ1) is 13.7. The topological polar surface area (TPSA) is 78.9 Å². The number of hydrogen-bond donors (Lipinski definition) is 1. The largest absolute Gasteiger partial charge is 0.497 e. The van der Waals surface area contributed by atoms with Crippen LogP contribution in [0.4, 0.5) is 0 Å². The lowest BCUT2D eigenvalue weighted by molar-refractivity contribution is 0.0946. The summed E-state index contributed by atoms with van der Waals surface area (Å²) in [5.74, 6) is 2.58. The van der Waals surface area contributed by atoms with E-state index in [1.165, 1.54) is 11.3 Å². The van der Waals surface area contributed by atoms with E-state index < -0.39 is 0 Å². The Morgan fingerprint density at radius 3 is 2.93 bits per heavy atom. The first kappa shape index (κ1) is 18.1. The van der Waals surface area contributed by atoms with Gasteiger partial charge in [-0.15, -0.1) is 11.3 Å². The van der Waals surface area contributed by atoms with Crippen molar-refractivity contribution in [2.75, 3.05) is 13.9 Å². The van der Waals surface area contributed by atoms with Crippen LogP contribution in [-0.2, 0) is 13.2 Å². The highest BCUT2D eigenvalue weighted by molar-refractivity contribution is 7.09. The molecule has 1 aliphatic rings. The normalized spacial score (nSPS) is 11.9. The van der Waals surface area contributed by atoms with E-state index in [4.69, 9.17) is 18.9 Å². The summed E-state index contributed by atoms with van der Waals surface area (Å²) in [6.07, 6.45) is 0. The predicted octanol–water partition coefficient (Wildman–Crippen LogP) is 3.39. The second-order valence-corrected chi connectivity index (χ2v) is 6.91. The number of hydrogen-bond acceptors (Lipinski definition) is 7. The number of fused-ring (bicyclic) bond motifs is 1. The Bertz CT molecular complexity index is 988. The Morgan fingerprint density at radius 1 is 1.18 bits per heavy atom. The Balaban J connectivity index is 1.31. The maximum atomic E-state index is 12.3. The fourth-order valence-corrected chi connectivity index (χ4v) is 3.33. The molecule has 2 heterocycles. The molecule has 1 N–H and O–H groups in total. The van der Waals surface area contributed by atoms with Crippen molar-refractivity contribution >= 4 is 17.2 Å². The van der Waals surface area contributed by atoms with E-state index in [1.807, 2.05) is 36.4 Å².